The van der Waals surface area contributed by atoms with Crippen molar-refractivity contribution in [2.75, 3.05) is 0 Å². The molecule has 0 saturated heterocycles. The molecule has 4 rings (SSSR count). The number of amides is 1. The summed E-state index contributed by atoms with van der Waals surface area (Å²) in [5, 5.41) is 3.60. The molecule has 1 heterocycles. The second kappa shape index (κ2) is 9.79. The normalized spacial score (nSPS) is 11.9. The van der Waals surface area contributed by atoms with E-state index in [9.17, 15) is 9.59 Å². The lowest BCUT2D eigenvalue weighted by atomic mass is 10.1. The van der Waals surface area contributed by atoms with E-state index in [0.717, 1.165) is 18.4 Å². The molecular formula is C26H24ClN3O2. The first-order chi connectivity index (χ1) is 15.5. The maximum atomic E-state index is 13.2. The molecule has 1 atom stereocenters. The largest absolute Gasteiger partial charge is 0.352 e. The molecular weight excluding hydrogens is 422 g/mol. The number of aryl methyl sites for hydroxylation is 1. The van der Waals surface area contributed by atoms with Crippen LogP contribution in [-0.2, 0) is 17.8 Å². The molecule has 5 nitrogen and oxygen atoms in total. The van der Waals surface area contributed by atoms with E-state index in [1.807, 2.05) is 49.4 Å². The second-order valence-electron chi connectivity index (χ2n) is 7.84. The fourth-order valence-corrected chi connectivity index (χ4v) is 3.83. The van der Waals surface area contributed by atoms with Crippen LogP contribution in [0.25, 0.3) is 11.0 Å². The lowest BCUT2D eigenvalue weighted by Gasteiger charge is -2.15. The third-order valence-electron chi connectivity index (χ3n) is 5.38. The lowest BCUT2D eigenvalue weighted by molar-refractivity contribution is -0.122. The fraction of sp³-hybridized carbons (Fsp3) is 0.192. The van der Waals surface area contributed by atoms with Gasteiger partial charge in [-0.1, -0.05) is 54.1 Å². The molecule has 4 aromatic rings. The molecule has 6 heteroatoms. The highest BCUT2D eigenvalue weighted by molar-refractivity contribution is 6.30. The van der Waals surface area contributed by atoms with Crippen molar-refractivity contribution < 1.29 is 9.59 Å². The Balaban J connectivity index is 1.51. The molecule has 0 saturated carbocycles. The van der Waals surface area contributed by atoms with Crippen LogP contribution in [0.3, 0.4) is 0 Å². The van der Waals surface area contributed by atoms with Crippen LogP contribution in [-0.4, -0.2) is 27.3 Å². The zero-order valence-electron chi connectivity index (χ0n) is 17.8. The number of hydrogen-bond donors (Lipinski definition) is 1. The van der Waals surface area contributed by atoms with Crippen molar-refractivity contribution in [1.29, 1.82) is 0 Å². The van der Waals surface area contributed by atoms with Crippen molar-refractivity contribution in [2.45, 2.75) is 32.4 Å². The van der Waals surface area contributed by atoms with Crippen molar-refractivity contribution >= 4 is 34.3 Å². The van der Waals surface area contributed by atoms with Gasteiger partial charge in [-0.15, -0.1) is 0 Å². The van der Waals surface area contributed by atoms with E-state index in [-0.39, 0.29) is 30.1 Å². The number of carbonyl (C=O) groups is 2. The van der Waals surface area contributed by atoms with E-state index in [1.165, 1.54) is 5.56 Å². The number of ketones is 1. The Morgan fingerprint density at radius 3 is 2.41 bits per heavy atom. The maximum absolute atomic E-state index is 13.2. The quantitative estimate of drug-likeness (QED) is 0.385. The molecule has 162 valence electrons. The Kier molecular flexibility index (Phi) is 6.66. The summed E-state index contributed by atoms with van der Waals surface area (Å²) < 4.78 is 1.69. The van der Waals surface area contributed by atoms with Gasteiger partial charge in [-0.25, -0.2) is 4.98 Å². The highest BCUT2D eigenvalue weighted by atomic mass is 35.5. The Bertz CT molecular complexity index is 1230. The molecule has 0 spiro atoms. The van der Waals surface area contributed by atoms with E-state index in [4.69, 9.17) is 11.6 Å². The second-order valence-corrected chi connectivity index (χ2v) is 8.28. The van der Waals surface area contributed by atoms with Crippen molar-refractivity contribution in [3.05, 3.63) is 101 Å². The maximum Gasteiger partial charge on any atom is 0.240 e. The zero-order chi connectivity index (χ0) is 22.5. The van der Waals surface area contributed by atoms with Crippen LogP contribution < -0.4 is 5.32 Å². The van der Waals surface area contributed by atoms with Crippen LogP contribution in [0.2, 0.25) is 5.02 Å². The highest BCUT2D eigenvalue weighted by Crippen LogP contribution is 2.20. The van der Waals surface area contributed by atoms with E-state index in [0.29, 0.717) is 16.1 Å². The number of nitrogens with one attached hydrogen (secondary N) is 1. The summed E-state index contributed by atoms with van der Waals surface area (Å²) in [7, 11) is 0. The van der Waals surface area contributed by atoms with Gasteiger partial charge in [-0.3, -0.25) is 9.59 Å². The summed E-state index contributed by atoms with van der Waals surface area (Å²) in [6.07, 6.45) is 1.72. The van der Waals surface area contributed by atoms with E-state index in [2.05, 4.69) is 22.4 Å². The first-order valence-electron chi connectivity index (χ1n) is 10.6. The van der Waals surface area contributed by atoms with Crippen molar-refractivity contribution in [3.63, 3.8) is 0 Å². The minimum absolute atomic E-state index is 0.00732. The van der Waals surface area contributed by atoms with E-state index in [1.54, 1.807) is 28.8 Å². The third kappa shape index (κ3) is 5.06. The number of fused-ring (bicyclic) bond motifs is 1. The third-order valence-corrected chi connectivity index (χ3v) is 5.63. The van der Waals surface area contributed by atoms with Crippen LogP contribution >= 0.6 is 11.6 Å². The molecule has 0 aliphatic rings. The average Bonchev–Trinajstić information content (AvgIpc) is 3.16. The topological polar surface area (TPSA) is 64.0 Å². The van der Waals surface area contributed by atoms with Crippen LogP contribution in [0.4, 0.5) is 0 Å². The van der Waals surface area contributed by atoms with Gasteiger partial charge in [0.2, 0.25) is 11.7 Å². The molecule has 0 radical (unpaired) electrons. The number of imidazole rings is 1. The predicted molar refractivity (Wildman–Crippen MR) is 127 cm³/mol. The smallest absolute Gasteiger partial charge is 0.240 e. The Morgan fingerprint density at radius 1 is 0.969 bits per heavy atom. The number of aromatic nitrogens is 2. The van der Waals surface area contributed by atoms with Gasteiger partial charge in [0.25, 0.3) is 0 Å². The monoisotopic (exact) mass is 445 g/mol. The van der Waals surface area contributed by atoms with Gasteiger partial charge in [0, 0.05) is 16.6 Å². The number of rotatable bonds is 8. The number of benzene rings is 3. The summed E-state index contributed by atoms with van der Waals surface area (Å²) >= 11 is 5.95. The summed E-state index contributed by atoms with van der Waals surface area (Å²) in [6, 6.07) is 24.3. The van der Waals surface area contributed by atoms with Gasteiger partial charge in [0.1, 0.15) is 6.54 Å². The summed E-state index contributed by atoms with van der Waals surface area (Å²) in [4.78, 5) is 30.5. The van der Waals surface area contributed by atoms with Gasteiger partial charge in [-0.2, -0.15) is 0 Å². The van der Waals surface area contributed by atoms with Crippen LogP contribution in [0.1, 0.15) is 35.1 Å². The van der Waals surface area contributed by atoms with Crippen molar-refractivity contribution in [2.24, 2.45) is 0 Å². The predicted octanol–water partition coefficient (Wildman–Crippen LogP) is 5.06. The van der Waals surface area contributed by atoms with E-state index < -0.39 is 0 Å². The van der Waals surface area contributed by atoms with Gasteiger partial charge in [-0.05, 0) is 61.7 Å². The molecule has 0 bridgehead atoms. The van der Waals surface area contributed by atoms with Gasteiger partial charge >= 0.3 is 0 Å². The fourth-order valence-electron chi connectivity index (χ4n) is 3.70. The molecule has 1 aromatic heterocycles. The molecule has 1 amide bonds. The molecule has 32 heavy (non-hydrogen) atoms. The van der Waals surface area contributed by atoms with Crippen molar-refractivity contribution in [1.82, 2.24) is 14.9 Å². The summed E-state index contributed by atoms with van der Waals surface area (Å²) in [5.74, 6) is -0.165. The molecule has 0 unspecified atom stereocenters. The molecule has 3 aromatic carbocycles. The Labute approximate surface area is 192 Å². The lowest BCUT2D eigenvalue weighted by Crippen LogP contribution is -2.36. The van der Waals surface area contributed by atoms with E-state index >= 15 is 0 Å². The molecule has 0 aliphatic heterocycles. The van der Waals surface area contributed by atoms with Gasteiger partial charge in [0.05, 0.1) is 11.0 Å². The number of nitrogens with zero attached hydrogens (tertiary/aromatic N) is 2. The minimum Gasteiger partial charge on any atom is -0.352 e. The Morgan fingerprint density at radius 2 is 1.66 bits per heavy atom. The number of hydrogen-bond acceptors (Lipinski definition) is 3. The Hall–Kier alpha value is -3.44. The number of para-hydroxylation sites is 2. The SMILES string of the molecule is C[C@@H](CCc1ccccc1)NC(=O)Cn1c(C(=O)c2ccc(Cl)cc2)nc2ccccc21. The molecule has 0 fully saturated rings. The molecule has 1 N–H and O–H groups in total. The van der Waals surface area contributed by atoms with Crippen LogP contribution in [0, 0.1) is 0 Å². The summed E-state index contributed by atoms with van der Waals surface area (Å²) in [5.41, 5.74) is 3.14. The van der Waals surface area contributed by atoms with Crippen LogP contribution in [0.15, 0.2) is 78.9 Å². The van der Waals surface area contributed by atoms with Gasteiger partial charge < -0.3 is 9.88 Å². The first-order valence-corrected chi connectivity index (χ1v) is 11.0. The number of carbonyl (C=O) groups excluding carboxylic acids is 2. The number of halogens is 1. The van der Waals surface area contributed by atoms with Gasteiger partial charge in [0.15, 0.2) is 5.82 Å². The van der Waals surface area contributed by atoms with Crippen LogP contribution in [0.5, 0.6) is 0 Å². The first kappa shape index (κ1) is 21.8. The summed E-state index contributed by atoms with van der Waals surface area (Å²) in [6.45, 7) is 2.01. The average molecular weight is 446 g/mol. The minimum atomic E-state index is -0.247. The standard InChI is InChI=1S/C26H24ClN3O2/c1-18(11-12-19-7-3-2-4-8-19)28-24(31)17-30-23-10-6-5-9-22(23)29-26(30)25(32)20-13-15-21(27)16-14-20/h2-10,13-16,18H,11-12,17H2,1H3,(H,28,31)/t18-/m0/s1. The molecule has 0 aliphatic carbocycles. The zero-order valence-corrected chi connectivity index (χ0v) is 18.5. The highest BCUT2D eigenvalue weighted by Gasteiger charge is 2.21. The van der Waals surface area contributed by atoms with Crippen molar-refractivity contribution in [3.8, 4) is 0 Å².